The molecule has 0 aliphatic rings. The van der Waals surface area contributed by atoms with Crippen molar-refractivity contribution in [1.82, 2.24) is 4.98 Å². The zero-order valence-corrected chi connectivity index (χ0v) is 9.43. The van der Waals surface area contributed by atoms with Crippen LogP contribution in [-0.4, -0.2) is 11.3 Å². The van der Waals surface area contributed by atoms with Crippen molar-refractivity contribution in [2.24, 2.45) is 0 Å². The van der Waals surface area contributed by atoms with Gasteiger partial charge in [0.25, 0.3) is 0 Å². The van der Waals surface area contributed by atoms with Gasteiger partial charge in [-0.15, -0.1) is 0 Å². The second-order valence-electron chi connectivity index (χ2n) is 2.27. The molecule has 1 aromatic rings. The summed E-state index contributed by atoms with van der Waals surface area (Å²) in [5.41, 5.74) is 2.52. The zero-order valence-electron chi connectivity index (χ0n) is 6.26. The van der Waals surface area contributed by atoms with E-state index < -0.39 is 0 Å². The molecule has 0 radical (unpaired) electrons. The van der Waals surface area contributed by atoms with Gasteiger partial charge >= 0.3 is 0 Å². The fourth-order valence-electron chi connectivity index (χ4n) is 0.857. The van der Waals surface area contributed by atoms with E-state index in [4.69, 9.17) is 0 Å². The smallest absolute Gasteiger partial charge is 0.168 e. The number of aromatic nitrogens is 1. The zero-order chi connectivity index (χ0) is 8.97. The first kappa shape index (κ1) is 9.86. The maximum atomic E-state index is 10.5. The minimum atomic E-state index is 0.511. The summed E-state index contributed by atoms with van der Waals surface area (Å²) < 4.78 is 0. The van der Waals surface area contributed by atoms with Gasteiger partial charge in [-0.05, 0) is 11.1 Å². The number of halogens is 2. The third-order valence-corrected chi connectivity index (χ3v) is 2.72. The number of carbonyl (C=O) groups is 1. The van der Waals surface area contributed by atoms with Crippen LogP contribution in [0.4, 0.5) is 0 Å². The van der Waals surface area contributed by atoms with Crippen molar-refractivity contribution in [3.05, 3.63) is 29.1 Å². The molecule has 0 saturated carbocycles. The van der Waals surface area contributed by atoms with Gasteiger partial charge in [0.05, 0.1) is 0 Å². The number of pyridine rings is 1. The maximum absolute atomic E-state index is 10.5. The Morgan fingerprint density at radius 1 is 1.42 bits per heavy atom. The minimum Gasteiger partial charge on any atom is -0.296 e. The molecule has 0 aliphatic heterocycles. The Hall–Kier alpha value is -0.220. The van der Waals surface area contributed by atoms with Gasteiger partial charge in [-0.2, -0.15) is 0 Å². The molecule has 4 heteroatoms. The molecule has 0 fully saturated rings. The number of aldehydes is 1. The number of hydrogen-bond acceptors (Lipinski definition) is 2. The van der Waals surface area contributed by atoms with Crippen molar-refractivity contribution in [1.29, 1.82) is 0 Å². The van der Waals surface area contributed by atoms with E-state index in [0.717, 1.165) is 22.7 Å². The molecule has 2 nitrogen and oxygen atoms in total. The molecule has 0 aromatic carbocycles. The Bertz CT molecular complexity index is 288. The van der Waals surface area contributed by atoms with Crippen LogP contribution in [0.5, 0.6) is 0 Å². The third kappa shape index (κ3) is 2.14. The molecule has 1 aromatic heterocycles. The molecule has 0 unspecified atom stereocenters. The molecular formula is C8H7Br2NO. The van der Waals surface area contributed by atoms with E-state index in [9.17, 15) is 4.79 Å². The summed E-state index contributed by atoms with van der Waals surface area (Å²) in [6, 6.07) is 1.96. The van der Waals surface area contributed by atoms with Gasteiger partial charge in [0.2, 0.25) is 0 Å². The predicted molar refractivity (Wildman–Crippen MR) is 54.9 cm³/mol. The van der Waals surface area contributed by atoms with Crippen LogP contribution in [0.25, 0.3) is 0 Å². The molecule has 0 amide bonds. The van der Waals surface area contributed by atoms with Crippen LogP contribution in [0.1, 0.15) is 21.6 Å². The third-order valence-electron chi connectivity index (χ3n) is 1.47. The molecule has 0 N–H and O–H groups in total. The van der Waals surface area contributed by atoms with Crippen molar-refractivity contribution >= 4 is 38.1 Å². The minimum absolute atomic E-state index is 0.511. The fraction of sp³-hybridized carbons (Fsp3) is 0.250. The molecule has 0 aliphatic carbocycles. The van der Waals surface area contributed by atoms with Gasteiger partial charge in [0.1, 0.15) is 5.69 Å². The lowest BCUT2D eigenvalue weighted by Gasteiger charge is -2.01. The van der Waals surface area contributed by atoms with Gasteiger partial charge in [0.15, 0.2) is 6.29 Å². The summed E-state index contributed by atoms with van der Waals surface area (Å²) in [6.07, 6.45) is 2.47. The van der Waals surface area contributed by atoms with Crippen LogP contribution in [-0.2, 0) is 10.7 Å². The second-order valence-corrected chi connectivity index (χ2v) is 3.39. The van der Waals surface area contributed by atoms with Crippen LogP contribution in [0.3, 0.4) is 0 Å². The largest absolute Gasteiger partial charge is 0.296 e. The number of hydrogen-bond donors (Lipinski definition) is 0. The predicted octanol–water partition coefficient (Wildman–Crippen LogP) is 2.68. The van der Waals surface area contributed by atoms with Crippen molar-refractivity contribution in [2.45, 2.75) is 10.7 Å². The molecule has 0 bridgehead atoms. The topological polar surface area (TPSA) is 30.0 Å². The van der Waals surface area contributed by atoms with Crippen LogP contribution < -0.4 is 0 Å². The Morgan fingerprint density at radius 2 is 2.17 bits per heavy atom. The highest BCUT2D eigenvalue weighted by molar-refractivity contribution is 9.08. The monoisotopic (exact) mass is 291 g/mol. The first-order valence-corrected chi connectivity index (χ1v) is 5.61. The SMILES string of the molecule is O=Cc1ncc(CBr)cc1CBr. The highest BCUT2D eigenvalue weighted by atomic mass is 79.9. The van der Waals surface area contributed by atoms with Crippen molar-refractivity contribution in [3.8, 4) is 0 Å². The first-order chi connectivity index (χ1) is 5.81. The van der Waals surface area contributed by atoms with Crippen molar-refractivity contribution < 1.29 is 4.79 Å². The van der Waals surface area contributed by atoms with Crippen molar-refractivity contribution in [2.75, 3.05) is 0 Å². The van der Waals surface area contributed by atoms with E-state index in [1.54, 1.807) is 6.20 Å². The van der Waals surface area contributed by atoms with E-state index in [1.165, 1.54) is 0 Å². The van der Waals surface area contributed by atoms with E-state index in [0.29, 0.717) is 11.0 Å². The van der Waals surface area contributed by atoms with Crippen molar-refractivity contribution in [3.63, 3.8) is 0 Å². The molecule has 1 heterocycles. The van der Waals surface area contributed by atoms with Gasteiger partial charge < -0.3 is 0 Å². The van der Waals surface area contributed by atoms with Crippen LogP contribution >= 0.6 is 31.9 Å². The average Bonchev–Trinajstić information content (AvgIpc) is 2.16. The summed E-state index contributed by atoms with van der Waals surface area (Å²) in [7, 11) is 0. The number of nitrogens with zero attached hydrogens (tertiary/aromatic N) is 1. The summed E-state index contributed by atoms with van der Waals surface area (Å²) in [6.45, 7) is 0. The summed E-state index contributed by atoms with van der Waals surface area (Å²) in [4.78, 5) is 14.5. The molecule has 64 valence electrons. The van der Waals surface area contributed by atoms with Gasteiger partial charge in [-0.3, -0.25) is 9.78 Å². The normalized spacial score (nSPS) is 9.83. The standard InChI is InChI=1S/C8H7Br2NO/c9-2-6-1-7(3-10)8(5-12)11-4-6/h1,4-5H,2-3H2. The highest BCUT2D eigenvalue weighted by Crippen LogP contribution is 2.13. The second kappa shape index (κ2) is 4.72. The highest BCUT2D eigenvalue weighted by Gasteiger charge is 2.02. The fourth-order valence-corrected chi connectivity index (χ4v) is 1.61. The summed E-state index contributed by atoms with van der Waals surface area (Å²) >= 11 is 6.62. The number of rotatable bonds is 3. The number of carbonyl (C=O) groups excluding carboxylic acids is 1. The molecule has 0 spiro atoms. The summed E-state index contributed by atoms with van der Waals surface area (Å²) in [5, 5.41) is 1.42. The Kier molecular flexibility index (Phi) is 3.88. The average molecular weight is 293 g/mol. The van der Waals surface area contributed by atoms with E-state index in [1.807, 2.05) is 6.07 Å². The first-order valence-electron chi connectivity index (χ1n) is 3.36. The van der Waals surface area contributed by atoms with Crippen LogP contribution in [0.2, 0.25) is 0 Å². The Morgan fingerprint density at radius 3 is 2.67 bits per heavy atom. The van der Waals surface area contributed by atoms with Crippen LogP contribution in [0.15, 0.2) is 12.3 Å². The lowest BCUT2D eigenvalue weighted by molar-refractivity contribution is 0.111. The lowest BCUT2D eigenvalue weighted by atomic mass is 10.2. The number of alkyl halides is 2. The lowest BCUT2D eigenvalue weighted by Crippen LogP contribution is -1.95. The maximum Gasteiger partial charge on any atom is 0.168 e. The molecule has 0 atom stereocenters. The van der Waals surface area contributed by atoms with E-state index in [-0.39, 0.29) is 0 Å². The Labute approximate surface area is 87.6 Å². The molecular weight excluding hydrogens is 286 g/mol. The molecule has 12 heavy (non-hydrogen) atoms. The van der Waals surface area contributed by atoms with Crippen LogP contribution in [0, 0.1) is 0 Å². The quantitative estimate of drug-likeness (QED) is 0.633. The van der Waals surface area contributed by atoms with E-state index in [2.05, 4.69) is 36.8 Å². The van der Waals surface area contributed by atoms with Gasteiger partial charge in [-0.25, -0.2) is 0 Å². The van der Waals surface area contributed by atoms with Gasteiger partial charge in [0, 0.05) is 16.9 Å². The molecule has 1 rings (SSSR count). The van der Waals surface area contributed by atoms with Gasteiger partial charge in [-0.1, -0.05) is 37.9 Å². The van der Waals surface area contributed by atoms with E-state index >= 15 is 0 Å². The molecule has 0 saturated heterocycles. The summed E-state index contributed by atoms with van der Waals surface area (Å²) in [5.74, 6) is 0. The Balaban J connectivity index is 3.10.